The van der Waals surface area contributed by atoms with Crippen LogP contribution in [0.25, 0.3) is 0 Å². The van der Waals surface area contributed by atoms with Crippen molar-refractivity contribution in [1.82, 2.24) is 25.2 Å². The molecule has 2 aliphatic rings. The van der Waals surface area contributed by atoms with Gasteiger partial charge >= 0.3 is 0 Å². The average Bonchev–Trinajstić information content (AvgIpc) is 3.22. The van der Waals surface area contributed by atoms with Crippen LogP contribution < -0.4 is 10.6 Å². The highest BCUT2D eigenvalue weighted by molar-refractivity contribution is 6.02. The van der Waals surface area contributed by atoms with Gasteiger partial charge in [0.25, 0.3) is 5.91 Å². The number of piperidine rings is 2. The Labute approximate surface area is 166 Å². The number of carbonyl (C=O) groups excluding carboxylic acids is 1. The number of aromatic nitrogens is 3. The van der Waals surface area contributed by atoms with E-state index in [4.69, 9.17) is 0 Å². The lowest BCUT2D eigenvalue weighted by atomic mass is 10.0. The van der Waals surface area contributed by atoms with E-state index in [-0.39, 0.29) is 5.91 Å². The summed E-state index contributed by atoms with van der Waals surface area (Å²) >= 11 is 0. The predicted molar refractivity (Wildman–Crippen MR) is 109 cm³/mol. The lowest BCUT2D eigenvalue weighted by molar-refractivity contribution is 0.102. The summed E-state index contributed by atoms with van der Waals surface area (Å²) in [5, 5.41) is 14.5. The third kappa shape index (κ3) is 4.59. The second kappa shape index (κ2) is 8.84. The van der Waals surface area contributed by atoms with E-state index in [0.29, 0.717) is 17.8 Å². The van der Waals surface area contributed by atoms with Gasteiger partial charge in [0.05, 0.1) is 12.2 Å². The Morgan fingerprint density at radius 2 is 1.96 bits per heavy atom. The maximum absolute atomic E-state index is 12.5. The highest BCUT2D eigenvalue weighted by Gasteiger charge is 2.20. The van der Waals surface area contributed by atoms with Crippen molar-refractivity contribution < 1.29 is 4.79 Å². The smallest absolute Gasteiger partial charge is 0.277 e. The summed E-state index contributed by atoms with van der Waals surface area (Å²) < 4.78 is 1.83. The van der Waals surface area contributed by atoms with Crippen LogP contribution >= 0.6 is 0 Å². The van der Waals surface area contributed by atoms with Crippen LogP contribution in [0.1, 0.15) is 61.1 Å². The number of amides is 1. The van der Waals surface area contributed by atoms with Crippen molar-refractivity contribution in [2.24, 2.45) is 0 Å². The Hall–Kier alpha value is -2.25. The standard InChI is InChI=1S/C21H30N6O/c1-16-4-2-3-13-26(16)14-17-5-7-18(8-6-17)23-21(28)20-15-27(25-24-20)19-9-11-22-12-10-19/h5-8,15-16,19,22H,2-4,9-14H2,1H3,(H,23,28). The monoisotopic (exact) mass is 382 g/mol. The summed E-state index contributed by atoms with van der Waals surface area (Å²) in [5.74, 6) is -0.211. The Balaban J connectivity index is 1.33. The van der Waals surface area contributed by atoms with Crippen LogP contribution in [0.2, 0.25) is 0 Å². The summed E-state index contributed by atoms with van der Waals surface area (Å²) in [7, 11) is 0. The quantitative estimate of drug-likeness (QED) is 0.832. The molecule has 0 radical (unpaired) electrons. The van der Waals surface area contributed by atoms with E-state index in [1.807, 2.05) is 16.8 Å². The van der Waals surface area contributed by atoms with Gasteiger partial charge in [-0.3, -0.25) is 9.69 Å². The summed E-state index contributed by atoms with van der Waals surface area (Å²) in [6, 6.07) is 9.12. The molecular formula is C21H30N6O. The van der Waals surface area contributed by atoms with Crippen molar-refractivity contribution in [1.29, 1.82) is 0 Å². The predicted octanol–water partition coefficient (Wildman–Crippen LogP) is 2.83. The molecule has 1 atom stereocenters. The number of hydrogen-bond acceptors (Lipinski definition) is 5. The molecule has 2 fully saturated rings. The molecule has 1 unspecified atom stereocenters. The fourth-order valence-corrected chi connectivity index (χ4v) is 4.15. The van der Waals surface area contributed by atoms with E-state index in [9.17, 15) is 4.79 Å². The fraction of sp³-hybridized carbons (Fsp3) is 0.571. The van der Waals surface area contributed by atoms with E-state index >= 15 is 0 Å². The van der Waals surface area contributed by atoms with E-state index < -0.39 is 0 Å². The number of benzene rings is 1. The zero-order chi connectivity index (χ0) is 19.3. The SMILES string of the molecule is CC1CCCCN1Cc1ccc(NC(=O)c2cn(C3CCNCC3)nn2)cc1. The van der Waals surface area contributed by atoms with Crippen LogP contribution in [0.4, 0.5) is 5.69 Å². The van der Waals surface area contributed by atoms with Gasteiger partial charge in [0, 0.05) is 18.3 Å². The van der Waals surface area contributed by atoms with Gasteiger partial charge in [-0.1, -0.05) is 23.8 Å². The number of likely N-dealkylation sites (tertiary alicyclic amines) is 1. The van der Waals surface area contributed by atoms with Crippen LogP contribution in [0, 0.1) is 0 Å². The van der Waals surface area contributed by atoms with Gasteiger partial charge < -0.3 is 10.6 Å². The first-order valence-electron chi connectivity index (χ1n) is 10.5. The minimum atomic E-state index is -0.211. The number of nitrogens with one attached hydrogen (secondary N) is 2. The van der Waals surface area contributed by atoms with Gasteiger partial charge in [0.1, 0.15) is 0 Å². The summed E-state index contributed by atoms with van der Waals surface area (Å²) in [6.45, 7) is 6.42. The maximum Gasteiger partial charge on any atom is 0.277 e. The van der Waals surface area contributed by atoms with Gasteiger partial charge in [-0.05, 0) is 69.9 Å². The van der Waals surface area contributed by atoms with E-state index in [2.05, 4.69) is 44.9 Å². The molecule has 0 aliphatic carbocycles. The van der Waals surface area contributed by atoms with Gasteiger partial charge in [-0.25, -0.2) is 4.68 Å². The molecule has 7 heteroatoms. The van der Waals surface area contributed by atoms with Crippen molar-refractivity contribution in [2.45, 2.75) is 57.7 Å². The molecule has 0 saturated carbocycles. The lowest BCUT2D eigenvalue weighted by Gasteiger charge is -2.33. The summed E-state index contributed by atoms with van der Waals surface area (Å²) in [6.07, 6.45) is 7.70. The molecule has 7 nitrogen and oxygen atoms in total. The van der Waals surface area contributed by atoms with Gasteiger partial charge in [-0.15, -0.1) is 5.10 Å². The highest BCUT2D eigenvalue weighted by atomic mass is 16.2. The molecule has 0 spiro atoms. The topological polar surface area (TPSA) is 75.1 Å². The molecule has 150 valence electrons. The van der Waals surface area contributed by atoms with Crippen LogP contribution in [0.3, 0.4) is 0 Å². The molecule has 1 aromatic heterocycles. The van der Waals surface area contributed by atoms with E-state index in [0.717, 1.165) is 38.2 Å². The third-order valence-corrected chi connectivity index (χ3v) is 5.96. The molecule has 1 aromatic carbocycles. The number of nitrogens with zero attached hydrogens (tertiary/aromatic N) is 4. The van der Waals surface area contributed by atoms with Gasteiger partial charge in [0.2, 0.25) is 0 Å². The zero-order valence-corrected chi connectivity index (χ0v) is 16.6. The first kappa shape index (κ1) is 19.1. The van der Waals surface area contributed by atoms with Crippen LogP contribution in [0.15, 0.2) is 30.5 Å². The van der Waals surface area contributed by atoms with Crippen molar-refractivity contribution in [2.75, 3.05) is 25.0 Å². The number of hydrogen-bond donors (Lipinski definition) is 2. The van der Waals surface area contributed by atoms with E-state index in [1.165, 1.54) is 31.4 Å². The van der Waals surface area contributed by atoms with Crippen LogP contribution in [-0.2, 0) is 6.54 Å². The molecule has 2 aliphatic heterocycles. The largest absolute Gasteiger partial charge is 0.321 e. The Bertz CT molecular complexity index is 780. The molecule has 28 heavy (non-hydrogen) atoms. The van der Waals surface area contributed by atoms with Gasteiger partial charge in [-0.2, -0.15) is 0 Å². The van der Waals surface area contributed by atoms with Crippen LogP contribution in [-0.4, -0.2) is 51.5 Å². The van der Waals surface area contributed by atoms with Crippen molar-refractivity contribution in [3.8, 4) is 0 Å². The highest BCUT2D eigenvalue weighted by Crippen LogP contribution is 2.21. The van der Waals surface area contributed by atoms with Crippen LogP contribution in [0.5, 0.6) is 0 Å². The lowest BCUT2D eigenvalue weighted by Crippen LogP contribution is -2.36. The molecule has 2 saturated heterocycles. The van der Waals surface area contributed by atoms with Crippen molar-refractivity contribution in [3.05, 3.63) is 41.7 Å². The first-order chi connectivity index (χ1) is 13.7. The second-order valence-corrected chi connectivity index (χ2v) is 8.03. The third-order valence-electron chi connectivity index (χ3n) is 5.96. The summed E-state index contributed by atoms with van der Waals surface area (Å²) in [5.41, 5.74) is 2.44. The number of carbonyl (C=O) groups is 1. The van der Waals surface area contributed by atoms with Crippen molar-refractivity contribution >= 4 is 11.6 Å². The zero-order valence-electron chi connectivity index (χ0n) is 16.6. The van der Waals surface area contributed by atoms with Gasteiger partial charge in [0.15, 0.2) is 5.69 Å². The maximum atomic E-state index is 12.5. The average molecular weight is 383 g/mol. The Kier molecular flexibility index (Phi) is 6.02. The Morgan fingerprint density at radius 3 is 2.71 bits per heavy atom. The minimum absolute atomic E-state index is 0.211. The number of anilines is 1. The first-order valence-corrected chi connectivity index (χ1v) is 10.5. The molecule has 2 N–H and O–H groups in total. The molecular weight excluding hydrogens is 352 g/mol. The molecule has 4 rings (SSSR count). The Morgan fingerprint density at radius 1 is 1.18 bits per heavy atom. The van der Waals surface area contributed by atoms with Crippen molar-refractivity contribution in [3.63, 3.8) is 0 Å². The normalized spacial score (nSPS) is 21.5. The minimum Gasteiger partial charge on any atom is -0.321 e. The molecule has 0 bridgehead atoms. The number of rotatable bonds is 5. The van der Waals surface area contributed by atoms with E-state index in [1.54, 1.807) is 6.20 Å². The molecule has 3 heterocycles. The molecule has 2 aromatic rings. The summed E-state index contributed by atoms with van der Waals surface area (Å²) in [4.78, 5) is 15.0. The fourth-order valence-electron chi connectivity index (χ4n) is 4.15. The molecule has 1 amide bonds. The second-order valence-electron chi connectivity index (χ2n) is 8.03.